The highest BCUT2D eigenvalue weighted by molar-refractivity contribution is 5.48. The van der Waals surface area contributed by atoms with Gasteiger partial charge in [0.2, 0.25) is 0 Å². The molecule has 0 saturated heterocycles. The molecule has 84 valence electrons. The number of aromatic amines is 1. The van der Waals surface area contributed by atoms with Crippen LogP contribution in [0.5, 0.6) is 5.75 Å². The molecule has 0 aliphatic heterocycles. The van der Waals surface area contributed by atoms with E-state index in [1.807, 2.05) is 18.3 Å². The standard InChI is InChI=1S/C12H15N3O/c13-6-11-4-9(8-15-11)7-14-10-2-1-3-12(16)5-10/h1-5,8,14-16H,6-7,13H2. The van der Waals surface area contributed by atoms with E-state index in [9.17, 15) is 5.11 Å². The zero-order chi connectivity index (χ0) is 11.4. The SMILES string of the molecule is NCc1cc(CNc2cccc(O)c2)c[nH]1. The maximum absolute atomic E-state index is 9.29. The lowest BCUT2D eigenvalue weighted by atomic mass is 10.2. The molecule has 0 radical (unpaired) electrons. The molecule has 0 unspecified atom stereocenters. The minimum absolute atomic E-state index is 0.265. The first-order valence-corrected chi connectivity index (χ1v) is 5.17. The second kappa shape index (κ2) is 4.72. The van der Waals surface area contributed by atoms with E-state index in [2.05, 4.69) is 10.3 Å². The van der Waals surface area contributed by atoms with Crippen molar-refractivity contribution in [3.8, 4) is 5.75 Å². The van der Waals surface area contributed by atoms with Gasteiger partial charge in [0.25, 0.3) is 0 Å². The molecular formula is C12H15N3O. The molecule has 16 heavy (non-hydrogen) atoms. The van der Waals surface area contributed by atoms with Crippen molar-refractivity contribution >= 4 is 5.69 Å². The molecule has 0 amide bonds. The van der Waals surface area contributed by atoms with E-state index in [1.54, 1.807) is 18.2 Å². The number of rotatable bonds is 4. The first-order valence-electron chi connectivity index (χ1n) is 5.17. The molecule has 0 spiro atoms. The highest BCUT2D eigenvalue weighted by atomic mass is 16.3. The van der Waals surface area contributed by atoms with Gasteiger partial charge in [-0.15, -0.1) is 0 Å². The van der Waals surface area contributed by atoms with Gasteiger partial charge in [0.05, 0.1) is 0 Å². The van der Waals surface area contributed by atoms with E-state index in [0.717, 1.165) is 16.9 Å². The Labute approximate surface area is 94.1 Å². The molecule has 5 N–H and O–H groups in total. The number of aromatic hydroxyl groups is 1. The number of aromatic nitrogens is 1. The van der Waals surface area contributed by atoms with Crippen LogP contribution in [0.1, 0.15) is 11.3 Å². The summed E-state index contributed by atoms with van der Waals surface area (Å²) in [5.74, 6) is 0.265. The number of anilines is 1. The highest BCUT2D eigenvalue weighted by Crippen LogP contribution is 2.16. The predicted molar refractivity (Wildman–Crippen MR) is 64.1 cm³/mol. The molecule has 1 aromatic carbocycles. The molecule has 0 bridgehead atoms. The third-order valence-electron chi connectivity index (χ3n) is 2.37. The van der Waals surface area contributed by atoms with Crippen molar-refractivity contribution in [3.05, 3.63) is 47.8 Å². The van der Waals surface area contributed by atoms with Gasteiger partial charge < -0.3 is 21.1 Å². The van der Waals surface area contributed by atoms with Crippen molar-refractivity contribution in [2.75, 3.05) is 5.32 Å². The van der Waals surface area contributed by atoms with Crippen LogP contribution >= 0.6 is 0 Å². The lowest BCUT2D eigenvalue weighted by Gasteiger charge is -2.04. The third-order valence-corrected chi connectivity index (χ3v) is 2.37. The fourth-order valence-corrected chi connectivity index (χ4v) is 1.53. The summed E-state index contributed by atoms with van der Waals surface area (Å²) in [7, 11) is 0. The van der Waals surface area contributed by atoms with Crippen molar-refractivity contribution in [3.63, 3.8) is 0 Å². The summed E-state index contributed by atoms with van der Waals surface area (Å²) < 4.78 is 0. The molecule has 2 rings (SSSR count). The lowest BCUT2D eigenvalue weighted by Crippen LogP contribution is -1.98. The number of nitrogens with one attached hydrogen (secondary N) is 2. The van der Waals surface area contributed by atoms with Crippen LogP contribution in [-0.2, 0) is 13.1 Å². The molecular weight excluding hydrogens is 202 g/mol. The summed E-state index contributed by atoms with van der Waals surface area (Å²) >= 11 is 0. The van der Waals surface area contributed by atoms with Crippen molar-refractivity contribution < 1.29 is 5.11 Å². The van der Waals surface area contributed by atoms with Crippen molar-refractivity contribution in [1.82, 2.24) is 4.98 Å². The van der Waals surface area contributed by atoms with Gasteiger partial charge in [-0.25, -0.2) is 0 Å². The van der Waals surface area contributed by atoms with Gasteiger partial charge in [-0.2, -0.15) is 0 Å². The number of H-pyrrole nitrogens is 1. The summed E-state index contributed by atoms with van der Waals surface area (Å²) in [4.78, 5) is 3.09. The molecule has 0 aliphatic rings. The van der Waals surface area contributed by atoms with Crippen LogP contribution in [0.25, 0.3) is 0 Å². The molecule has 2 aromatic rings. The molecule has 4 heteroatoms. The molecule has 0 fully saturated rings. The molecule has 1 aromatic heterocycles. The third kappa shape index (κ3) is 2.55. The fraction of sp³-hybridized carbons (Fsp3) is 0.167. The van der Waals surface area contributed by atoms with Gasteiger partial charge in [0.1, 0.15) is 5.75 Å². The number of benzene rings is 1. The Morgan fingerprint density at radius 2 is 2.19 bits per heavy atom. The number of phenolic OH excluding ortho intramolecular Hbond substituents is 1. The van der Waals surface area contributed by atoms with Gasteiger partial charge >= 0.3 is 0 Å². The average Bonchev–Trinajstić information content (AvgIpc) is 2.74. The second-order valence-corrected chi connectivity index (χ2v) is 3.64. The van der Waals surface area contributed by atoms with E-state index in [1.165, 1.54) is 0 Å². The van der Waals surface area contributed by atoms with Crippen LogP contribution in [0, 0.1) is 0 Å². The predicted octanol–water partition coefficient (Wildman–Crippen LogP) is 1.79. The van der Waals surface area contributed by atoms with Crippen molar-refractivity contribution in [2.45, 2.75) is 13.1 Å². The topological polar surface area (TPSA) is 74.1 Å². The van der Waals surface area contributed by atoms with E-state index in [4.69, 9.17) is 5.73 Å². The van der Waals surface area contributed by atoms with E-state index < -0.39 is 0 Å². The Bertz CT molecular complexity index is 465. The zero-order valence-corrected chi connectivity index (χ0v) is 8.90. The summed E-state index contributed by atoms with van der Waals surface area (Å²) in [5, 5.41) is 12.5. The Hall–Kier alpha value is -1.94. The van der Waals surface area contributed by atoms with Crippen LogP contribution < -0.4 is 11.1 Å². The zero-order valence-electron chi connectivity index (χ0n) is 8.90. The number of hydrogen-bond donors (Lipinski definition) is 4. The van der Waals surface area contributed by atoms with Crippen LogP contribution in [0.2, 0.25) is 0 Å². The van der Waals surface area contributed by atoms with Crippen molar-refractivity contribution in [1.29, 1.82) is 0 Å². The smallest absolute Gasteiger partial charge is 0.117 e. The monoisotopic (exact) mass is 217 g/mol. The minimum atomic E-state index is 0.265. The minimum Gasteiger partial charge on any atom is -0.508 e. The lowest BCUT2D eigenvalue weighted by molar-refractivity contribution is 0.475. The van der Waals surface area contributed by atoms with Crippen molar-refractivity contribution in [2.24, 2.45) is 5.73 Å². The molecule has 0 atom stereocenters. The van der Waals surface area contributed by atoms with E-state index in [-0.39, 0.29) is 5.75 Å². The first-order chi connectivity index (χ1) is 7.78. The fourth-order valence-electron chi connectivity index (χ4n) is 1.53. The second-order valence-electron chi connectivity index (χ2n) is 3.64. The normalized spacial score (nSPS) is 10.3. The summed E-state index contributed by atoms with van der Waals surface area (Å²) in [6.07, 6.45) is 1.93. The summed E-state index contributed by atoms with van der Waals surface area (Å²) in [5.41, 5.74) is 8.57. The Kier molecular flexibility index (Phi) is 3.12. The maximum atomic E-state index is 9.29. The van der Waals surface area contributed by atoms with Gasteiger partial charge in [0.15, 0.2) is 0 Å². The molecule has 0 saturated carbocycles. The summed E-state index contributed by atoms with van der Waals surface area (Å²) in [6, 6.07) is 9.08. The number of nitrogens with two attached hydrogens (primary N) is 1. The van der Waals surface area contributed by atoms with Gasteiger partial charge in [-0.3, -0.25) is 0 Å². The largest absolute Gasteiger partial charge is 0.508 e. The van der Waals surface area contributed by atoms with Gasteiger partial charge in [-0.1, -0.05) is 6.07 Å². The van der Waals surface area contributed by atoms with Crippen LogP contribution in [-0.4, -0.2) is 10.1 Å². The maximum Gasteiger partial charge on any atom is 0.117 e. The first kappa shape index (κ1) is 10.6. The Morgan fingerprint density at radius 1 is 1.31 bits per heavy atom. The van der Waals surface area contributed by atoms with Gasteiger partial charge in [-0.05, 0) is 23.8 Å². The van der Waals surface area contributed by atoms with Gasteiger partial charge in [0, 0.05) is 36.7 Å². The van der Waals surface area contributed by atoms with Crippen LogP contribution in [0.4, 0.5) is 5.69 Å². The number of hydrogen-bond acceptors (Lipinski definition) is 3. The van der Waals surface area contributed by atoms with E-state index >= 15 is 0 Å². The average molecular weight is 217 g/mol. The quantitative estimate of drug-likeness (QED) is 0.630. The van der Waals surface area contributed by atoms with Crippen LogP contribution in [0.3, 0.4) is 0 Å². The Balaban J connectivity index is 1.96. The molecule has 1 heterocycles. The number of phenols is 1. The Morgan fingerprint density at radius 3 is 2.88 bits per heavy atom. The highest BCUT2D eigenvalue weighted by Gasteiger charge is 1.98. The van der Waals surface area contributed by atoms with E-state index in [0.29, 0.717) is 13.1 Å². The van der Waals surface area contributed by atoms with Crippen LogP contribution in [0.15, 0.2) is 36.5 Å². The molecule has 0 aliphatic carbocycles. The molecule has 4 nitrogen and oxygen atoms in total. The summed E-state index contributed by atoms with van der Waals surface area (Å²) in [6.45, 7) is 1.23.